The number of hydrogen-bond donors (Lipinski definition) is 1. The van der Waals surface area contributed by atoms with Gasteiger partial charge < -0.3 is 9.72 Å². The Morgan fingerprint density at radius 2 is 1.76 bits per heavy atom. The lowest BCUT2D eigenvalue weighted by atomic mass is 10.1. The van der Waals surface area contributed by atoms with Crippen LogP contribution in [0.2, 0.25) is 0 Å². The second kappa shape index (κ2) is 11.2. The minimum atomic E-state index is -0.301. The van der Waals surface area contributed by atoms with Crippen molar-refractivity contribution in [3.05, 3.63) is 142 Å². The maximum atomic E-state index is 12.7. The third-order valence-electron chi connectivity index (χ3n) is 6.69. The van der Waals surface area contributed by atoms with Gasteiger partial charge in [-0.05, 0) is 55.0 Å². The van der Waals surface area contributed by atoms with Crippen molar-refractivity contribution in [2.24, 2.45) is 0 Å². The van der Waals surface area contributed by atoms with E-state index in [9.17, 15) is 10.1 Å². The largest absolute Gasteiger partial charge is 0.489 e. The highest BCUT2D eigenvalue weighted by molar-refractivity contribution is 5.91. The molecule has 0 bridgehead atoms. The maximum Gasteiger partial charge on any atom is 0.259 e. The molecule has 2 aromatic heterocycles. The molecule has 6 rings (SSSR count). The van der Waals surface area contributed by atoms with E-state index in [1.807, 2.05) is 66.9 Å². The van der Waals surface area contributed by atoms with Crippen LogP contribution in [0.15, 0.2) is 114 Å². The van der Waals surface area contributed by atoms with Gasteiger partial charge in [0, 0.05) is 17.3 Å². The molecule has 0 unspecified atom stereocenters. The van der Waals surface area contributed by atoms with Gasteiger partial charge in [-0.3, -0.25) is 4.79 Å². The second-order valence-electron chi connectivity index (χ2n) is 9.62. The molecule has 4 aromatic carbocycles. The summed E-state index contributed by atoms with van der Waals surface area (Å²) in [6, 6.07) is 34.9. The van der Waals surface area contributed by atoms with Crippen molar-refractivity contribution in [2.45, 2.75) is 13.5 Å². The summed E-state index contributed by atoms with van der Waals surface area (Å²) in [6.45, 7) is 2.49. The van der Waals surface area contributed by atoms with Crippen LogP contribution < -0.4 is 10.3 Å². The first kappa shape index (κ1) is 25.5. The zero-order valence-corrected chi connectivity index (χ0v) is 22.3. The molecule has 0 fully saturated rings. The molecule has 2 heterocycles. The number of nitrogens with zero attached hydrogens (tertiary/aromatic N) is 4. The summed E-state index contributed by atoms with van der Waals surface area (Å²) in [5.74, 6) is 0.901. The summed E-state index contributed by atoms with van der Waals surface area (Å²) in [4.78, 5) is 20.0. The number of nitriles is 1. The van der Waals surface area contributed by atoms with E-state index in [2.05, 4.69) is 47.2 Å². The van der Waals surface area contributed by atoms with E-state index < -0.39 is 0 Å². The fourth-order valence-corrected chi connectivity index (χ4v) is 4.54. The fraction of sp³-hybridized carbons (Fsp3) is 0.0588. The molecule has 7 heteroatoms. The molecule has 41 heavy (non-hydrogen) atoms. The average Bonchev–Trinajstić information content (AvgIpc) is 3.44. The van der Waals surface area contributed by atoms with Crippen molar-refractivity contribution in [1.29, 1.82) is 5.26 Å². The monoisotopic (exact) mass is 535 g/mol. The summed E-state index contributed by atoms with van der Waals surface area (Å²) < 4.78 is 7.87. The summed E-state index contributed by atoms with van der Waals surface area (Å²) >= 11 is 0. The normalized spacial score (nSPS) is 11.4. The highest BCUT2D eigenvalue weighted by atomic mass is 16.5. The molecule has 0 radical (unpaired) electrons. The highest BCUT2D eigenvalue weighted by Crippen LogP contribution is 2.30. The lowest BCUT2D eigenvalue weighted by Crippen LogP contribution is -2.11. The number of aromatic amines is 1. The van der Waals surface area contributed by atoms with E-state index in [0.29, 0.717) is 34.5 Å². The molecule has 0 aliphatic heterocycles. The van der Waals surface area contributed by atoms with Gasteiger partial charge in [0.25, 0.3) is 5.56 Å². The van der Waals surface area contributed by atoms with Crippen molar-refractivity contribution < 1.29 is 4.74 Å². The van der Waals surface area contributed by atoms with E-state index >= 15 is 0 Å². The van der Waals surface area contributed by atoms with Crippen LogP contribution in [-0.4, -0.2) is 19.7 Å². The molecule has 7 nitrogen and oxygen atoms in total. The van der Waals surface area contributed by atoms with Gasteiger partial charge in [0.1, 0.15) is 24.1 Å². The Balaban J connectivity index is 1.41. The van der Waals surface area contributed by atoms with Crippen LogP contribution in [0, 0.1) is 18.3 Å². The van der Waals surface area contributed by atoms with Gasteiger partial charge in [-0.1, -0.05) is 72.3 Å². The van der Waals surface area contributed by atoms with E-state index in [4.69, 9.17) is 9.84 Å². The smallest absolute Gasteiger partial charge is 0.259 e. The predicted molar refractivity (Wildman–Crippen MR) is 160 cm³/mol. The quantitative estimate of drug-likeness (QED) is 0.229. The molecule has 0 atom stereocenters. The van der Waals surface area contributed by atoms with Crippen LogP contribution in [0.25, 0.3) is 39.5 Å². The molecule has 0 amide bonds. The van der Waals surface area contributed by atoms with Gasteiger partial charge in [0.2, 0.25) is 0 Å². The van der Waals surface area contributed by atoms with E-state index in [-0.39, 0.29) is 17.0 Å². The highest BCUT2D eigenvalue weighted by Gasteiger charge is 2.15. The fourth-order valence-electron chi connectivity index (χ4n) is 4.54. The molecule has 6 aromatic rings. The number of allylic oxidation sites excluding steroid dienone is 1. The molecule has 0 saturated carbocycles. The zero-order chi connectivity index (χ0) is 28.2. The summed E-state index contributed by atoms with van der Waals surface area (Å²) in [6.07, 6.45) is 3.57. The lowest BCUT2D eigenvalue weighted by molar-refractivity contribution is 0.306. The molecule has 198 valence electrons. The average molecular weight is 536 g/mol. The molecule has 0 spiro atoms. The number of benzene rings is 4. The number of H-pyrrole nitrogens is 1. The third-order valence-corrected chi connectivity index (χ3v) is 6.69. The molecule has 1 N–H and O–H groups in total. The molecule has 0 aliphatic carbocycles. The molecule has 0 aliphatic rings. The number of aromatic nitrogens is 4. The second-order valence-corrected chi connectivity index (χ2v) is 9.62. The Bertz CT molecular complexity index is 1980. The number of nitrogens with one attached hydrogen (secondary N) is 1. The number of hydrogen-bond acceptors (Lipinski definition) is 5. The number of fused-ring (bicyclic) bond motifs is 1. The van der Waals surface area contributed by atoms with Gasteiger partial charge in [0.15, 0.2) is 5.82 Å². The van der Waals surface area contributed by atoms with Gasteiger partial charge in [-0.25, -0.2) is 9.67 Å². The van der Waals surface area contributed by atoms with Gasteiger partial charge in [0.05, 0.1) is 22.2 Å². The van der Waals surface area contributed by atoms with Crippen LogP contribution in [-0.2, 0) is 6.61 Å². The minimum Gasteiger partial charge on any atom is -0.489 e. The minimum absolute atomic E-state index is 0.199. The SMILES string of the molecule is Cc1ccc(COc2cccc(-c3nn(-c4ccccc4)cc3/C=C(\C#N)c3nc4ccccc4c(=O)[nH]3)c2)cc1. The van der Waals surface area contributed by atoms with E-state index in [1.54, 1.807) is 29.0 Å². The topological polar surface area (TPSA) is 96.6 Å². The van der Waals surface area contributed by atoms with Gasteiger partial charge in [-0.2, -0.15) is 10.4 Å². The Morgan fingerprint density at radius 1 is 0.976 bits per heavy atom. The van der Waals surface area contributed by atoms with Gasteiger partial charge >= 0.3 is 0 Å². The molecule has 0 saturated heterocycles. The Labute approximate surface area is 236 Å². The van der Waals surface area contributed by atoms with Crippen molar-refractivity contribution in [1.82, 2.24) is 19.7 Å². The van der Waals surface area contributed by atoms with E-state index in [1.165, 1.54) is 5.56 Å². The van der Waals surface area contributed by atoms with Crippen molar-refractivity contribution in [3.63, 3.8) is 0 Å². The van der Waals surface area contributed by atoms with Crippen LogP contribution in [0.5, 0.6) is 5.75 Å². The van der Waals surface area contributed by atoms with Crippen molar-refractivity contribution >= 4 is 22.6 Å². The van der Waals surface area contributed by atoms with Crippen LogP contribution >= 0.6 is 0 Å². The predicted octanol–water partition coefficient (Wildman–Crippen LogP) is 6.73. The number of rotatable bonds is 7. The Hall–Kier alpha value is -5.74. The van der Waals surface area contributed by atoms with Crippen molar-refractivity contribution in [3.8, 4) is 28.8 Å². The molecular weight excluding hydrogens is 510 g/mol. The van der Waals surface area contributed by atoms with Crippen LogP contribution in [0.1, 0.15) is 22.5 Å². The summed E-state index contributed by atoms with van der Waals surface area (Å²) in [5, 5.41) is 15.5. The lowest BCUT2D eigenvalue weighted by Gasteiger charge is -2.08. The third kappa shape index (κ3) is 5.54. The number of aryl methyl sites for hydroxylation is 1. The number of ether oxygens (including phenoxy) is 1. The first-order valence-corrected chi connectivity index (χ1v) is 13.1. The van der Waals surface area contributed by atoms with E-state index in [0.717, 1.165) is 16.8 Å². The van der Waals surface area contributed by atoms with Crippen LogP contribution in [0.3, 0.4) is 0 Å². The number of para-hydroxylation sites is 2. The van der Waals surface area contributed by atoms with Crippen molar-refractivity contribution in [2.75, 3.05) is 0 Å². The summed E-state index contributed by atoms with van der Waals surface area (Å²) in [7, 11) is 0. The Morgan fingerprint density at radius 3 is 2.56 bits per heavy atom. The Kier molecular flexibility index (Phi) is 6.95. The van der Waals surface area contributed by atoms with Gasteiger partial charge in [-0.15, -0.1) is 0 Å². The first-order valence-electron chi connectivity index (χ1n) is 13.1. The zero-order valence-electron chi connectivity index (χ0n) is 22.3. The maximum absolute atomic E-state index is 12.7. The summed E-state index contributed by atoms with van der Waals surface area (Å²) in [5.41, 5.74) is 5.76. The van der Waals surface area contributed by atoms with Crippen LogP contribution in [0.4, 0.5) is 0 Å². The standard InChI is InChI=1S/C34H25N5O2/c1-23-14-16-24(17-15-23)22-41-29-11-7-8-25(19-29)32-27(21-39(38-32)28-9-3-2-4-10-28)18-26(20-35)33-36-31-13-6-5-12-30(31)34(40)37-33/h2-19,21H,22H2,1H3,(H,36,37,40)/b26-18+. The molecular formula is C34H25N5O2. The first-order chi connectivity index (χ1) is 20.1.